The number of hydrogen-bond donors (Lipinski definition) is 2. The van der Waals surface area contributed by atoms with Crippen molar-refractivity contribution in [1.82, 2.24) is 5.32 Å². The highest BCUT2D eigenvalue weighted by atomic mass is 16.3. The molecule has 19 heavy (non-hydrogen) atoms. The van der Waals surface area contributed by atoms with E-state index in [0.717, 1.165) is 19.3 Å². The lowest BCUT2D eigenvalue weighted by Crippen LogP contribution is -2.37. The average Bonchev–Trinajstić information content (AvgIpc) is 2.33. The Morgan fingerprint density at radius 3 is 2.37 bits per heavy atom. The van der Waals surface area contributed by atoms with E-state index in [-0.39, 0.29) is 12.5 Å². The Bertz CT molecular complexity index is 288. The Hall–Kier alpha value is -1.09. The number of rotatable bonds is 10. The minimum atomic E-state index is -0.856. The zero-order valence-electron chi connectivity index (χ0n) is 12.6. The van der Waals surface area contributed by atoms with Crippen LogP contribution in [0, 0.1) is 0 Å². The molecule has 0 heterocycles. The topological polar surface area (TPSA) is 49.3 Å². The van der Waals surface area contributed by atoms with Crippen molar-refractivity contribution in [2.75, 3.05) is 6.54 Å². The monoisotopic (exact) mass is 267 g/mol. The van der Waals surface area contributed by atoms with Crippen molar-refractivity contribution in [3.05, 3.63) is 24.3 Å². The molecule has 0 rings (SSSR count). The molecule has 2 N–H and O–H groups in total. The van der Waals surface area contributed by atoms with Crippen LogP contribution in [0.4, 0.5) is 0 Å². The number of aliphatic hydroxyl groups is 1. The van der Waals surface area contributed by atoms with E-state index in [4.69, 9.17) is 0 Å². The molecule has 110 valence electrons. The summed E-state index contributed by atoms with van der Waals surface area (Å²) in [6, 6.07) is 0. The van der Waals surface area contributed by atoms with Gasteiger partial charge in [-0.15, -0.1) is 0 Å². The molecule has 0 saturated carbocycles. The summed E-state index contributed by atoms with van der Waals surface area (Å²) in [4.78, 5) is 11.4. The van der Waals surface area contributed by atoms with Gasteiger partial charge in [0.1, 0.15) is 0 Å². The van der Waals surface area contributed by atoms with Gasteiger partial charge < -0.3 is 10.4 Å². The highest BCUT2D eigenvalue weighted by Gasteiger charge is 2.12. The number of unbranched alkanes of at least 4 members (excludes halogenated alkanes) is 4. The first-order chi connectivity index (χ1) is 8.95. The summed E-state index contributed by atoms with van der Waals surface area (Å²) in [5.74, 6) is -0.144. The van der Waals surface area contributed by atoms with E-state index in [9.17, 15) is 9.90 Å². The zero-order valence-corrected chi connectivity index (χ0v) is 12.6. The van der Waals surface area contributed by atoms with Gasteiger partial charge in [-0.3, -0.25) is 4.79 Å². The van der Waals surface area contributed by atoms with Gasteiger partial charge in [0.25, 0.3) is 0 Å². The zero-order chi connectivity index (χ0) is 14.6. The van der Waals surface area contributed by atoms with Gasteiger partial charge >= 0.3 is 0 Å². The van der Waals surface area contributed by atoms with Crippen LogP contribution < -0.4 is 5.32 Å². The normalized spacial score (nSPS) is 12.4. The number of amides is 1. The van der Waals surface area contributed by atoms with Crippen molar-refractivity contribution < 1.29 is 9.90 Å². The maximum atomic E-state index is 11.4. The van der Waals surface area contributed by atoms with Gasteiger partial charge in [0.15, 0.2) is 0 Å². The van der Waals surface area contributed by atoms with Crippen LogP contribution in [0.2, 0.25) is 0 Å². The summed E-state index contributed by atoms with van der Waals surface area (Å²) in [5, 5.41) is 12.1. The van der Waals surface area contributed by atoms with Crippen molar-refractivity contribution in [3.8, 4) is 0 Å². The third kappa shape index (κ3) is 14.9. The summed E-state index contributed by atoms with van der Waals surface area (Å²) < 4.78 is 0. The Kier molecular flexibility index (Phi) is 10.2. The number of carbonyl (C=O) groups is 1. The first kappa shape index (κ1) is 17.9. The molecule has 0 bridgehead atoms. The molecule has 0 unspecified atom stereocenters. The second-order valence-corrected chi connectivity index (χ2v) is 5.48. The summed E-state index contributed by atoms with van der Waals surface area (Å²) in [6.07, 6.45) is 14.6. The largest absolute Gasteiger partial charge is 0.389 e. The van der Waals surface area contributed by atoms with Gasteiger partial charge in [-0.25, -0.2) is 0 Å². The van der Waals surface area contributed by atoms with E-state index in [1.807, 2.05) is 6.08 Å². The quantitative estimate of drug-likeness (QED) is 0.362. The average molecular weight is 267 g/mol. The molecule has 0 atom stereocenters. The SMILES string of the molecule is CCCCCC=CCCC=CC(=O)NCC(C)(C)O. The van der Waals surface area contributed by atoms with E-state index in [2.05, 4.69) is 24.4 Å². The number of nitrogens with one attached hydrogen (secondary N) is 1. The Morgan fingerprint density at radius 2 is 1.74 bits per heavy atom. The van der Waals surface area contributed by atoms with E-state index >= 15 is 0 Å². The van der Waals surface area contributed by atoms with E-state index in [0.29, 0.717) is 0 Å². The molecule has 0 fully saturated rings. The standard InChI is InChI=1S/C16H29NO2/c1-4-5-6-7-8-9-10-11-12-13-15(18)17-14-16(2,3)19/h8-9,12-13,19H,4-7,10-11,14H2,1-3H3,(H,17,18). The van der Waals surface area contributed by atoms with Crippen LogP contribution in [0.1, 0.15) is 59.3 Å². The fourth-order valence-electron chi connectivity index (χ4n) is 1.49. The molecule has 3 nitrogen and oxygen atoms in total. The lowest BCUT2D eigenvalue weighted by atomic mass is 10.1. The fraction of sp³-hybridized carbons (Fsp3) is 0.688. The van der Waals surface area contributed by atoms with Crippen LogP contribution in [0.25, 0.3) is 0 Å². The van der Waals surface area contributed by atoms with Gasteiger partial charge in [0.05, 0.1) is 5.60 Å². The van der Waals surface area contributed by atoms with Crippen LogP contribution >= 0.6 is 0 Å². The van der Waals surface area contributed by atoms with Crippen molar-refractivity contribution in [2.45, 2.75) is 64.9 Å². The van der Waals surface area contributed by atoms with Crippen LogP contribution in [0.15, 0.2) is 24.3 Å². The van der Waals surface area contributed by atoms with E-state index in [1.54, 1.807) is 13.8 Å². The second kappa shape index (κ2) is 10.8. The molecule has 0 saturated heterocycles. The van der Waals surface area contributed by atoms with Crippen LogP contribution in [-0.4, -0.2) is 23.2 Å². The molecule has 0 aromatic carbocycles. The molecule has 3 heteroatoms. The third-order valence-electron chi connectivity index (χ3n) is 2.61. The highest BCUT2D eigenvalue weighted by Crippen LogP contribution is 2.01. The Morgan fingerprint density at radius 1 is 1.11 bits per heavy atom. The first-order valence-corrected chi connectivity index (χ1v) is 7.27. The second-order valence-electron chi connectivity index (χ2n) is 5.48. The van der Waals surface area contributed by atoms with Crippen molar-refractivity contribution in [3.63, 3.8) is 0 Å². The van der Waals surface area contributed by atoms with Gasteiger partial charge in [-0.1, -0.05) is 38.0 Å². The van der Waals surface area contributed by atoms with Gasteiger partial charge in [0, 0.05) is 6.54 Å². The van der Waals surface area contributed by atoms with Crippen molar-refractivity contribution >= 4 is 5.91 Å². The maximum Gasteiger partial charge on any atom is 0.243 e. The molecule has 1 amide bonds. The van der Waals surface area contributed by atoms with Crippen LogP contribution in [0.5, 0.6) is 0 Å². The van der Waals surface area contributed by atoms with Crippen molar-refractivity contribution in [2.24, 2.45) is 0 Å². The molecule has 0 spiro atoms. The Balaban J connectivity index is 3.54. The van der Waals surface area contributed by atoms with Crippen molar-refractivity contribution in [1.29, 1.82) is 0 Å². The van der Waals surface area contributed by atoms with E-state index < -0.39 is 5.60 Å². The van der Waals surface area contributed by atoms with Gasteiger partial charge in [-0.2, -0.15) is 0 Å². The summed E-state index contributed by atoms with van der Waals surface area (Å²) in [5.41, 5.74) is -0.856. The predicted octanol–water partition coefficient (Wildman–Crippen LogP) is 3.35. The van der Waals surface area contributed by atoms with Gasteiger partial charge in [0.2, 0.25) is 5.91 Å². The highest BCUT2D eigenvalue weighted by molar-refractivity contribution is 5.87. The molecule has 0 aliphatic rings. The Labute approximate surface area is 117 Å². The van der Waals surface area contributed by atoms with E-state index in [1.165, 1.54) is 25.3 Å². The minimum absolute atomic E-state index is 0.144. The number of hydrogen-bond acceptors (Lipinski definition) is 2. The van der Waals surface area contributed by atoms with Gasteiger partial charge in [-0.05, 0) is 45.6 Å². The molecule has 0 aromatic rings. The molecule has 0 aliphatic heterocycles. The maximum absolute atomic E-state index is 11.4. The predicted molar refractivity (Wildman–Crippen MR) is 81.0 cm³/mol. The molecular formula is C16H29NO2. The smallest absolute Gasteiger partial charge is 0.243 e. The minimum Gasteiger partial charge on any atom is -0.389 e. The lowest BCUT2D eigenvalue weighted by molar-refractivity contribution is -0.117. The lowest BCUT2D eigenvalue weighted by Gasteiger charge is -2.16. The first-order valence-electron chi connectivity index (χ1n) is 7.27. The summed E-state index contributed by atoms with van der Waals surface area (Å²) in [7, 11) is 0. The van der Waals surface area contributed by atoms with Crippen LogP contribution in [0.3, 0.4) is 0 Å². The van der Waals surface area contributed by atoms with Crippen LogP contribution in [-0.2, 0) is 4.79 Å². The molecule has 0 aromatic heterocycles. The molecular weight excluding hydrogens is 238 g/mol. The molecule has 0 aliphatic carbocycles. The fourth-order valence-corrected chi connectivity index (χ4v) is 1.49. The third-order valence-corrected chi connectivity index (χ3v) is 2.61. The summed E-state index contributed by atoms with van der Waals surface area (Å²) >= 11 is 0. The number of allylic oxidation sites excluding steroid dienone is 3. The summed E-state index contributed by atoms with van der Waals surface area (Å²) in [6.45, 7) is 5.81. The number of carbonyl (C=O) groups excluding carboxylic acids is 1. The molecule has 0 radical (unpaired) electrons.